The second-order valence-electron chi connectivity index (χ2n) is 4.64. The number of fused-ring (bicyclic) bond motifs is 2. The van der Waals surface area contributed by atoms with E-state index in [9.17, 15) is 0 Å². The van der Waals surface area contributed by atoms with Crippen LogP contribution in [0.15, 0.2) is 85.2 Å². The van der Waals surface area contributed by atoms with Crippen LogP contribution in [0.3, 0.4) is 0 Å². The molecular formula is C19H16O. The molecule has 0 unspecified atom stereocenters. The third kappa shape index (κ3) is 2.89. The molecule has 0 fully saturated rings. The molecule has 0 radical (unpaired) electrons. The highest BCUT2D eigenvalue weighted by Crippen LogP contribution is 2.21. The molecule has 0 amide bonds. The molecule has 0 saturated heterocycles. The predicted molar refractivity (Wildman–Crippen MR) is 85.7 cm³/mol. The zero-order valence-corrected chi connectivity index (χ0v) is 11.2. The van der Waals surface area contributed by atoms with Gasteiger partial charge in [-0.3, -0.25) is 0 Å². The Labute approximate surface area is 118 Å². The molecule has 0 saturated carbocycles. The molecule has 0 N–H and O–H groups in total. The maximum atomic E-state index is 4.80. The van der Waals surface area contributed by atoms with Crippen LogP contribution in [0.4, 0.5) is 0 Å². The molecule has 98 valence electrons. The predicted octanol–water partition coefficient (Wildman–Crippen LogP) is 5.08. The van der Waals surface area contributed by atoms with Gasteiger partial charge in [-0.25, -0.2) is 0 Å². The lowest BCUT2D eigenvalue weighted by Crippen LogP contribution is -1.82. The van der Waals surface area contributed by atoms with E-state index in [0.717, 1.165) is 6.61 Å². The number of rotatable bonds is 0. The Balaban J connectivity index is 0.000000170. The molecule has 1 aliphatic rings. The molecule has 1 heteroatoms. The molecule has 1 nitrogen and oxygen atoms in total. The molecule has 20 heavy (non-hydrogen) atoms. The van der Waals surface area contributed by atoms with Crippen molar-refractivity contribution in [1.82, 2.24) is 0 Å². The van der Waals surface area contributed by atoms with Crippen LogP contribution >= 0.6 is 0 Å². The van der Waals surface area contributed by atoms with E-state index in [1.54, 1.807) is 6.26 Å². The van der Waals surface area contributed by atoms with Gasteiger partial charge >= 0.3 is 0 Å². The minimum absolute atomic E-state index is 0.733. The van der Waals surface area contributed by atoms with Crippen molar-refractivity contribution in [2.75, 3.05) is 6.61 Å². The first kappa shape index (κ1) is 12.5. The van der Waals surface area contributed by atoms with Crippen molar-refractivity contribution in [1.29, 1.82) is 0 Å². The minimum Gasteiger partial charge on any atom is -0.497 e. The highest BCUT2D eigenvalue weighted by atomic mass is 16.5. The quantitative estimate of drug-likeness (QED) is 0.512. The van der Waals surface area contributed by atoms with Gasteiger partial charge in [0.25, 0.3) is 0 Å². The second-order valence-corrected chi connectivity index (χ2v) is 4.64. The van der Waals surface area contributed by atoms with E-state index in [0.29, 0.717) is 0 Å². The van der Waals surface area contributed by atoms with E-state index in [-0.39, 0.29) is 0 Å². The van der Waals surface area contributed by atoms with Crippen molar-refractivity contribution in [3.05, 3.63) is 85.2 Å². The summed E-state index contributed by atoms with van der Waals surface area (Å²) in [5.74, 6) is 0. The SMILES string of the molecule is C1=CCOC=C1.c1ccc2cc3ccccc3cc2c1. The highest BCUT2D eigenvalue weighted by molar-refractivity contribution is 5.98. The Kier molecular flexibility index (Phi) is 3.79. The summed E-state index contributed by atoms with van der Waals surface area (Å²) in [4.78, 5) is 0. The van der Waals surface area contributed by atoms with Crippen molar-refractivity contribution >= 4 is 21.5 Å². The fourth-order valence-electron chi connectivity index (χ4n) is 2.23. The molecule has 0 atom stereocenters. The first-order valence-corrected chi connectivity index (χ1v) is 6.74. The van der Waals surface area contributed by atoms with Gasteiger partial charge in [0.15, 0.2) is 0 Å². The molecule has 0 aliphatic carbocycles. The molecule has 3 aromatic rings. The topological polar surface area (TPSA) is 9.23 Å². The number of ether oxygens (including phenoxy) is 1. The van der Waals surface area contributed by atoms with Crippen molar-refractivity contribution in [2.24, 2.45) is 0 Å². The summed E-state index contributed by atoms with van der Waals surface area (Å²) in [5, 5.41) is 5.25. The van der Waals surface area contributed by atoms with Crippen molar-refractivity contribution in [3.63, 3.8) is 0 Å². The second kappa shape index (κ2) is 6.07. The molecule has 4 rings (SSSR count). The van der Waals surface area contributed by atoms with E-state index in [2.05, 4.69) is 60.7 Å². The van der Waals surface area contributed by atoms with Gasteiger partial charge in [-0.15, -0.1) is 0 Å². The van der Waals surface area contributed by atoms with Gasteiger partial charge in [0.1, 0.15) is 6.61 Å². The molecule has 0 bridgehead atoms. The lowest BCUT2D eigenvalue weighted by molar-refractivity contribution is 0.286. The molecular weight excluding hydrogens is 244 g/mol. The number of hydrogen-bond donors (Lipinski definition) is 0. The van der Waals surface area contributed by atoms with Crippen molar-refractivity contribution < 1.29 is 4.74 Å². The summed E-state index contributed by atoms with van der Waals surface area (Å²) in [6.45, 7) is 0.733. The highest BCUT2D eigenvalue weighted by Gasteiger charge is 1.95. The summed E-state index contributed by atoms with van der Waals surface area (Å²) in [6, 6.07) is 21.4. The zero-order chi connectivity index (χ0) is 13.6. The lowest BCUT2D eigenvalue weighted by atomic mass is 10.0. The standard InChI is InChI=1S/C14H10.C5H6O/c1-2-6-12-10-14-8-4-3-7-13(14)9-11(12)5-1;1-2-4-6-5-3-1/h1-10H;1-4H,5H2. The van der Waals surface area contributed by atoms with Crippen LogP contribution in [0.5, 0.6) is 0 Å². The van der Waals surface area contributed by atoms with Crippen LogP contribution in [-0.2, 0) is 4.74 Å². The van der Waals surface area contributed by atoms with Gasteiger partial charge in [0.05, 0.1) is 6.26 Å². The Bertz CT molecular complexity index is 652. The van der Waals surface area contributed by atoms with Crippen LogP contribution in [0, 0.1) is 0 Å². The smallest absolute Gasteiger partial charge is 0.106 e. The third-order valence-corrected chi connectivity index (χ3v) is 3.23. The van der Waals surface area contributed by atoms with E-state index >= 15 is 0 Å². The van der Waals surface area contributed by atoms with Crippen LogP contribution in [0.1, 0.15) is 0 Å². The Morgan fingerprint density at radius 3 is 1.40 bits per heavy atom. The van der Waals surface area contributed by atoms with Gasteiger partial charge in [-0.2, -0.15) is 0 Å². The third-order valence-electron chi connectivity index (χ3n) is 3.23. The van der Waals surface area contributed by atoms with Gasteiger partial charge in [-0.05, 0) is 45.8 Å². The fourth-order valence-corrected chi connectivity index (χ4v) is 2.23. The maximum Gasteiger partial charge on any atom is 0.106 e. The van der Waals surface area contributed by atoms with Crippen molar-refractivity contribution in [3.8, 4) is 0 Å². The first-order chi connectivity index (χ1) is 9.93. The van der Waals surface area contributed by atoms with Crippen LogP contribution in [0.2, 0.25) is 0 Å². The number of allylic oxidation sites excluding steroid dienone is 2. The Hall–Kier alpha value is -2.54. The van der Waals surface area contributed by atoms with Gasteiger partial charge in [0.2, 0.25) is 0 Å². The monoisotopic (exact) mass is 260 g/mol. The molecule has 1 heterocycles. The van der Waals surface area contributed by atoms with Crippen molar-refractivity contribution in [2.45, 2.75) is 0 Å². The van der Waals surface area contributed by atoms with E-state index in [1.165, 1.54) is 21.5 Å². The minimum atomic E-state index is 0.733. The first-order valence-electron chi connectivity index (χ1n) is 6.74. The van der Waals surface area contributed by atoms with Crippen LogP contribution in [-0.4, -0.2) is 6.61 Å². The fraction of sp³-hybridized carbons (Fsp3) is 0.0526. The molecule has 3 aromatic carbocycles. The van der Waals surface area contributed by atoms with Crippen LogP contribution in [0.25, 0.3) is 21.5 Å². The van der Waals surface area contributed by atoms with Gasteiger partial charge in [0, 0.05) is 0 Å². The number of benzene rings is 3. The summed E-state index contributed by atoms with van der Waals surface area (Å²) < 4.78 is 4.80. The number of hydrogen-bond acceptors (Lipinski definition) is 1. The molecule has 0 aromatic heterocycles. The van der Waals surface area contributed by atoms with E-state index in [4.69, 9.17) is 4.74 Å². The summed E-state index contributed by atoms with van der Waals surface area (Å²) in [5.41, 5.74) is 0. The van der Waals surface area contributed by atoms with E-state index in [1.807, 2.05) is 18.2 Å². The summed E-state index contributed by atoms with van der Waals surface area (Å²) in [7, 11) is 0. The normalized spacial score (nSPS) is 12.8. The van der Waals surface area contributed by atoms with Gasteiger partial charge < -0.3 is 4.74 Å². The summed E-state index contributed by atoms with van der Waals surface area (Å²) in [6.07, 6.45) is 7.47. The largest absolute Gasteiger partial charge is 0.497 e. The molecule has 1 aliphatic heterocycles. The summed E-state index contributed by atoms with van der Waals surface area (Å²) >= 11 is 0. The van der Waals surface area contributed by atoms with E-state index < -0.39 is 0 Å². The maximum absolute atomic E-state index is 4.80. The Morgan fingerprint density at radius 1 is 0.650 bits per heavy atom. The zero-order valence-electron chi connectivity index (χ0n) is 11.2. The molecule has 0 spiro atoms. The van der Waals surface area contributed by atoms with Crippen LogP contribution < -0.4 is 0 Å². The lowest BCUT2D eigenvalue weighted by Gasteiger charge is -2.00. The Morgan fingerprint density at radius 2 is 1.15 bits per heavy atom. The average molecular weight is 260 g/mol. The average Bonchev–Trinajstić information content (AvgIpc) is 2.55. The van der Waals surface area contributed by atoms with Gasteiger partial charge in [-0.1, -0.05) is 54.6 Å².